The summed E-state index contributed by atoms with van der Waals surface area (Å²) in [5.41, 5.74) is 1.66. The highest BCUT2D eigenvalue weighted by Crippen LogP contribution is 2.40. The van der Waals surface area contributed by atoms with E-state index in [1.165, 1.54) is 0 Å². The van der Waals surface area contributed by atoms with Crippen molar-refractivity contribution in [3.05, 3.63) is 60.2 Å². The maximum absolute atomic E-state index is 12.7. The molecule has 0 amide bonds. The topological polar surface area (TPSA) is 59.7 Å². The van der Waals surface area contributed by atoms with Crippen LogP contribution in [0.3, 0.4) is 0 Å². The minimum atomic E-state index is -0.395. The molecule has 0 atom stereocenters. The van der Waals surface area contributed by atoms with Gasteiger partial charge in [-0.2, -0.15) is 0 Å². The number of furan rings is 1. The third-order valence-electron chi connectivity index (χ3n) is 5.44. The summed E-state index contributed by atoms with van der Waals surface area (Å²) in [7, 11) is 0. The van der Waals surface area contributed by atoms with Gasteiger partial charge < -0.3 is 14.3 Å². The lowest BCUT2D eigenvalue weighted by molar-refractivity contribution is 0.0350. The maximum Gasteiger partial charge on any atom is 0.170 e. The monoisotopic (exact) mass is 362 g/mol. The fourth-order valence-electron chi connectivity index (χ4n) is 3.61. The molecule has 1 aliphatic heterocycles. The van der Waals surface area contributed by atoms with Gasteiger partial charge >= 0.3 is 0 Å². The van der Waals surface area contributed by atoms with Crippen LogP contribution in [0.2, 0.25) is 0 Å². The molecule has 138 valence electrons. The van der Waals surface area contributed by atoms with Gasteiger partial charge in [0.25, 0.3) is 0 Å². The highest BCUT2D eigenvalue weighted by Gasteiger charge is 2.37. The molecule has 3 aromatic rings. The Morgan fingerprint density at radius 2 is 1.70 bits per heavy atom. The number of phenols is 1. The number of fused-ring (bicyclic) bond motifs is 1. The SMILES string of the molecule is CCC1(CC)CC(=O)c2cc(-c3ccc(-c4ccccc4O)o3)ccc2O1. The Labute approximate surface area is 158 Å². The lowest BCUT2D eigenvalue weighted by Gasteiger charge is -2.36. The van der Waals surface area contributed by atoms with Crippen LogP contribution in [0.5, 0.6) is 11.5 Å². The van der Waals surface area contributed by atoms with Crippen LogP contribution in [0, 0.1) is 0 Å². The number of carbonyl (C=O) groups is 1. The number of Topliss-reactive ketones (excluding diaryl/α,β-unsaturated/α-hetero) is 1. The van der Waals surface area contributed by atoms with E-state index >= 15 is 0 Å². The summed E-state index contributed by atoms with van der Waals surface area (Å²) in [4.78, 5) is 12.7. The summed E-state index contributed by atoms with van der Waals surface area (Å²) in [5.74, 6) is 2.15. The number of para-hydroxylation sites is 1. The summed E-state index contributed by atoms with van der Waals surface area (Å²) < 4.78 is 12.1. The van der Waals surface area contributed by atoms with Gasteiger partial charge in [-0.3, -0.25) is 4.79 Å². The van der Waals surface area contributed by atoms with E-state index in [2.05, 4.69) is 13.8 Å². The lowest BCUT2D eigenvalue weighted by Crippen LogP contribution is -2.40. The Hall–Kier alpha value is -3.01. The van der Waals surface area contributed by atoms with Crippen molar-refractivity contribution >= 4 is 5.78 Å². The van der Waals surface area contributed by atoms with Gasteiger partial charge in [-0.15, -0.1) is 0 Å². The fraction of sp³-hybridized carbons (Fsp3) is 0.261. The standard InChI is InChI=1S/C23H22O4/c1-3-23(4-2)14-19(25)17-13-15(9-10-22(17)27-23)20-11-12-21(26-20)16-7-5-6-8-18(16)24/h5-13,24H,3-4,14H2,1-2H3. The summed E-state index contributed by atoms with van der Waals surface area (Å²) in [6.07, 6.45) is 2.01. The van der Waals surface area contributed by atoms with Gasteiger partial charge in [0, 0.05) is 5.56 Å². The summed E-state index contributed by atoms with van der Waals surface area (Å²) in [5, 5.41) is 10.0. The number of aromatic hydroxyl groups is 1. The molecule has 27 heavy (non-hydrogen) atoms. The first-order chi connectivity index (χ1) is 13.0. The molecule has 4 nitrogen and oxygen atoms in total. The first kappa shape index (κ1) is 17.4. The van der Waals surface area contributed by atoms with Gasteiger partial charge in [0.15, 0.2) is 5.78 Å². The van der Waals surface area contributed by atoms with Gasteiger partial charge in [-0.05, 0) is 55.3 Å². The van der Waals surface area contributed by atoms with Crippen molar-refractivity contribution in [2.24, 2.45) is 0 Å². The van der Waals surface area contributed by atoms with E-state index in [1.54, 1.807) is 18.2 Å². The molecule has 0 unspecified atom stereocenters. The molecule has 0 bridgehead atoms. The van der Waals surface area contributed by atoms with Crippen LogP contribution in [-0.4, -0.2) is 16.5 Å². The van der Waals surface area contributed by atoms with Crippen molar-refractivity contribution in [2.45, 2.75) is 38.7 Å². The predicted molar refractivity (Wildman–Crippen MR) is 104 cm³/mol. The molecule has 4 heteroatoms. The smallest absolute Gasteiger partial charge is 0.170 e. The number of ketones is 1. The molecule has 2 aromatic carbocycles. The molecule has 1 aliphatic rings. The molecule has 4 rings (SSSR count). The second-order valence-corrected chi connectivity index (χ2v) is 6.98. The molecule has 1 aromatic heterocycles. The highest BCUT2D eigenvalue weighted by atomic mass is 16.5. The summed E-state index contributed by atoms with van der Waals surface area (Å²) >= 11 is 0. The third kappa shape index (κ3) is 3.01. The quantitative estimate of drug-likeness (QED) is 0.633. The minimum Gasteiger partial charge on any atom is -0.507 e. The Bertz CT molecular complexity index is 995. The average Bonchev–Trinajstić information content (AvgIpc) is 3.18. The molecular formula is C23H22O4. The minimum absolute atomic E-state index is 0.106. The molecule has 0 spiro atoms. The van der Waals surface area contributed by atoms with Crippen LogP contribution in [0.15, 0.2) is 59.0 Å². The van der Waals surface area contributed by atoms with Crippen LogP contribution < -0.4 is 4.74 Å². The van der Waals surface area contributed by atoms with Gasteiger partial charge in [0.2, 0.25) is 0 Å². The number of ether oxygens (including phenoxy) is 1. The van der Waals surface area contributed by atoms with Crippen molar-refractivity contribution in [2.75, 3.05) is 0 Å². The molecule has 1 N–H and O–H groups in total. The fourth-order valence-corrected chi connectivity index (χ4v) is 3.61. The number of hydrogen-bond acceptors (Lipinski definition) is 4. The number of benzene rings is 2. The number of rotatable bonds is 4. The van der Waals surface area contributed by atoms with E-state index in [-0.39, 0.29) is 11.5 Å². The molecular weight excluding hydrogens is 340 g/mol. The molecule has 0 saturated heterocycles. The molecule has 0 fully saturated rings. The summed E-state index contributed by atoms with van der Waals surface area (Å²) in [6, 6.07) is 16.3. The lowest BCUT2D eigenvalue weighted by atomic mass is 9.85. The zero-order valence-corrected chi connectivity index (χ0v) is 15.5. The van der Waals surface area contributed by atoms with Gasteiger partial charge in [0.1, 0.15) is 28.6 Å². The van der Waals surface area contributed by atoms with E-state index in [4.69, 9.17) is 9.15 Å². The van der Waals surface area contributed by atoms with Gasteiger partial charge in [-0.1, -0.05) is 26.0 Å². The second-order valence-electron chi connectivity index (χ2n) is 6.98. The van der Waals surface area contributed by atoms with E-state index in [0.717, 1.165) is 18.4 Å². The van der Waals surface area contributed by atoms with Crippen molar-refractivity contribution in [3.63, 3.8) is 0 Å². The molecule has 2 heterocycles. The third-order valence-corrected chi connectivity index (χ3v) is 5.44. The van der Waals surface area contributed by atoms with Crippen LogP contribution in [-0.2, 0) is 0 Å². The van der Waals surface area contributed by atoms with Crippen LogP contribution >= 0.6 is 0 Å². The van der Waals surface area contributed by atoms with Gasteiger partial charge in [-0.25, -0.2) is 0 Å². The van der Waals surface area contributed by atoms with Crippen LogP contribution in [0.1, 0.15) is 43.5 Å². The zero-order valence-electron chi connectivity index (χ0n) is 15.5. The van der Waals surface area contributed by atoms with Crippen molar-refractivity contribution in [1.29, 1.82) is 0 Å². The first-order valence-corrected chi connectivity index (χ1v) is 9.30. The predicted octanol–water partition coefficient (Wildman–Crippen LogP) is 5.84. The Balaban J connectivity index is 1.69. The highest BCUT2D eigenvalue weighted by molar-refractivity contribution is 6.01. The Morgan fingerprint density at radius 3 is 2.44 bits per heavy atom. The zero-order chi connectivity index (χ0) is 19.0. The number of hydrogen-bond donors (Lipinski definition) is 1. The van der Waals surface area contributed by atoms with Crippen molar-refractivity contribution in [3.8, 4) is 34.1 Å². The van der Waals surface area contributed by atoms with E-state index in [9.17, 15) is 9.90 Å². The first-order valence-electron chi connectivity index (χ1n) is 9.30. The van der Waals surface area contributed by atoms with Crippen molar-refractivity contribution < 1.29 is 19.1 Å². The van der Waals surface area contributed by atoms with E-state index in [0.29, 0.717) is 34.8 Å². The Kier molecular flexibility index (Phi) is 4.27. The molecule has 0 aliphatic carbocycles. The van der Waals surface area contributed by atoms with E-state index < -0.39 is 5.60 Å². The van der Waals surface area contributed by atoms with Crippen LogP contribution in [0.25, 0.3) is 22.6 Å². The number of carbonyl (C=O) groups excluding carboxylic acids is 1. The van der Waals surface area contributed by atoms with E-state index in [1.807, 2.05) is 36.4 Å². The normalized spacial score (nSPS) is 15.3. The maximum atomic E-state index is 12.7. The molecule has 0 radical (unpaired) electrons. The number of phenolic OH excluding ortho intramolecular Hbond substituents is 1. The summed E-state index contributed by atoms with van der Waals surface area (Å²) in [6.45, 7) is 4.11. The molecule has 0 saturated carbocycles. The second kappa shape index (κ2) is 6.62. The van der Waals surface area contributed by atoms with Crippen LogP contribution in [0.4, 0.5) is 0 Å². The Morgan fingerprint density at radius 1 is 0.963 bits per heavy atom. The average molecular weight is 362 g/mol. The largest absolute Gasteiger partial charge is 0.507 e. The van der Waals surface area contributed by atoms with Gasteiger partial charge in [0.05, 0.1) is 17.5 Å². The van der Waals surface area contributed by atoms with Crippen molar-refractivity contribution in [1.82, 2.24) is 0 Å².